The van der Waals surface area contributed by atoms with Gasteiger partial charge in [-0.1, -0.05) is 13.3 Å². The zero-order valence-corrected chi connectivity index (χ0v) is 12.2. The normalized spacial score (nSPS) is 16.2. The molecule has 0 spiro atoms. The summed E-state index contributed by atoms with van der Waals surface area (Å²) in [5.74, 6) is 0.720. The number of carbonyl (C=O) groups excluding carboxylic acids is 1. The quantitative estimate of drug-likeness (QED) is 0.653. The molecule has 2 N–H and O–H groups in total. The molecule has 0 rings (SSSR count). The van der Waals surface area contributed by atoms with Gasteiger partial charge < -0.3 is 10.6 Å². The standard InChI is InChI=1S/C12H26N2O2S/c1-5-6-11(3)14-12(15)9-13-10(2)7-8-17(4)16/h10-11,13H,5-9H2,1-4H3,(H,14,15). The number of hydrogen-bond donors (Lipinski definition) is 2. The molecule has 0 radical (unpaired) electrons. The van der Waals surface area contributed by atoms with Crippen LogP contribution in [-0.4, -0.2) is 40.8 Å². The Morgan fingerprint density at radius 2 is 1.88 bits per heavy atom. The molecule has 0 heterocycles. The van der Waals surface area contributed by atoms with Crippen LogP contribution >= 0.6 is 0 Å². The Morgan fingerprint density at radius 1 is 1.24 bits per heavy atom. The van der Waals surface area contributed by atoms with Crippen molar-refractivity contribution in [2.45, 2.75) is 52.1 Å². The molecule has 3 unspecified atom stereocenters. The van der Waals surface area contributed by atoms with Gasteiger partial charge in [-0.2, -0.15) is 0 Å². The summed E-state index contributed by atoms with van der Waals surface area (Å²) >= 11 is 0. The second kappa shape index (κ2) is 9.59. The second-order valence-corrected chi connectivity index (χ2v) is 6.16. The zero-order chi connectivity index (χ0) is 13.3. The fourth-order valence-corrected chi connectivity index (χ4v) is 2.23. The van der Waals surface area contributed by atoms with E-state index in [2.05, 4.69) is 17.6 Å². The van der Waals surface area contributed by atoms with Crippen molar-refractivity contribution in [1.29, 1.82) is 0 Å². The molecule has 0 saturated heterocycles. The first-order chi connectivity index (χ1) is 7.95. The molecule has 0 fully saturated rings. The smallest absolute Gasteiger partial charge is 0.234 e. The van der Waals surface area contributed by atoms with Crippen molar-refractivity contribution in [2.75, 3.05) is 18.6 Å². The van der Waals surface area contributed by atoms with Gasteiger partial charge in [-0.05, 0) is 26.7 Å². The molecule has 0 aliphatic carbocycles. The van der Waals surface area contributed by atoms with E-state index in [0.717, 1.165) is 19.3 Å². The average Bonchev–Trinajstić information content (AvgIpc) is 2.23. The highest BCUT2D eigenvalue weighted by molar-refractivity contribution is 7.84. The molecule has 0 saturated carbocycles. The largest absolute Gasteiger partial charge is 0.353 e. The van der Waals surface area contributed by atoms with Gasteiger partial charge in [0.25, 0.3) is 0 Å². The van der Waals surface area contributed by atoms with Crippen LogP contribution in [0.25, 0.3) is 0 Å². The van der Waals surface area contributed by atoms with Gasteiger partial charge >= 0.3 is 0 Å². The topological polar surface area (TPSA) is 58.2 Å². The van der Waals surface area contributed by atoms with Crippen molar-refractivity contribution in [3.05, 3.63) is 0 Å². The van der Waals surface area contributed by atoms with E-state index in [1.54, 1.807) is 6.26 Å². The first-order valence-corrected chi connectivity index (χ1v) is 8.01. The maximum atomic E-state index is 11.5. The first kappa shape index (κ1) is 16.6. The van der Waals surface area contributed by atoms with Crippen LogP contribution in [0.4, 0.5) is 0 Å². The molecule has 5 heteroatoms. The van der Waals surface area contributed by atoms with Crippen LogP contribution in [0.5, 0.6) is 0 Å². The van der Waals surface area contributed by atoms with Crippen molar-refractivity contribution in [2.24, 2.45) is 0 Å². The van der Waals surface area contributed by atoms with Crippen molar-refractivity contribution in [1.82, 2.24) is 10.6 Å². The van der Waals surface area contributed by atoms with E-state index in [-0.39, 0.29) is 18.0 Å². The van der Waals surface area contributed by atoms with Crippen LogP contribution in [-0.2, 0) is 15.6 Å². The summed E-state index contributed by atoms with van der Waals surface area (Å²) in [6.07, 6.45) is 4.62. The molecule has 0 aromatic rings. The van der Waals surface area contributed by atoms with Gasteiger partial charge in [0.15, 0.2) is 0 Å². The van der Waals surface area contributed by atoms with Crippen LogP contribution in [0.2, 0.25) is 0 Å². The van der Waals surface area contributed by atoms with Crippen LogP contribution < -0.4 is 10.6 Å². The maximum absolute atomic E-state index is 11.5. The first-order valence-electron chi connectivity index (χ1n) is 6.28. The lowest BCUT2D eigenvalue weighted by atomic mass is 10.2. The Hall–Kier alpha value is -0.420. The highest BCUT2D eigenvalue weighted by Crippen LogP contribution is 1.95. The van der Waals surface area contributed by atoms with Crippen LogP contribution in [0.15, 0.2) is 0 Å². The lowest BCUT2D eigenvalue weighted by Crippen LogP contribution is -2.41. The molecular weight excluding hydrogens is 236 g/mol. The number of carbonyl (C=O) groups is 1. The minimum Gasteiger partial charge on any atom is -0.353 e. The SMILES string of the molecule is CCCC(C)NC(=O)CNC(C)CCS(C)=O. The monoisotopic (exact) mass is 262 g/mol. The van der Waals surface area contributed by atoms with Gasteiger partial charge in [0.1, 0.15) is 0 Å². The summed E-state index contributed by atoms with van der Waals surface area (Å²) in [6, 6.07) is 0.471. The van der Waals surface area contributed by atoms with E-state index in [9.17, 15) is 9.00 Å². The third-order valence-corrected chi connectivity index (χ3v) is 3.39. The van der Waals surface area contributed by atoms with Gasteiger partial charge in [0.05, 0.1) is 6.54 Å². The lowest BCUT2D eigenvalue weighted by Gasteiger charge is -2.16. The Morgan fingerprint density at radius 3 is 2.41 bits per heavy atom. The number of amides is 1. The van der Waals surface area contributed by atoms with Crippen molar-refractivity contribution < 1.29 is 9.00 Å². The predicted octanol–water partition coefficient (Wildman–Crippen LogP) is 1.04. The third kappa shape index (κ3) is 10.5. The number of nitrogens with one attached hydrogen (secondary N) is 2. The van der Waals surface area contributed by atoms with Crippen LogP contribution in [0.1, 0.15) is 40.0 Å². The molecule has 0 aromatic heterocycles. The number of hydrogen-bond acceptors (Lipinski definition) is 3. The van der Waals surface area contributed by atoms with Crippen molar-refractivity contribution in [3.8, 4) is 0 Å². The summed E-state index contributed by atoms with van der Waals surface area (Å²) < 4.78 is 10.9. The summed E-state index contributed by atoms with van der Waals surface area (Å²) in [5.41, 5.74) is 0. The van der Waals surface area contributed by atoms with Gasteiger partial charge in [-0.25, -0.2) is 0 Å². The second-order valence-electron chi connectivity index (χ2n) is 4.61. The Labute approximate surface area is 107 Å². The zero-order valence-electron chi connectivity index (χ0n) is 11.4. The minimum atomic E-state index is -0.753. The molecule has 4 nitrogen and oxygen atoms in total. The highest BCUT2D eigenvalue weighted by atomic mass is 32.2. The molecule has 17 heavy (non-hydrogen) atoms. The molecule has 1 amide bonds. The maximum Gasteiger partial charge on any atom is 0.234 e. The summed E-state index contributed by atoms with van der Waals surface area (Å²) in [7, 11) is -0.753. The van der Waals surface area contributed by atoms with E-state index in [4.69, 9.17) is 0 Å². The van der Waals surface area contributed by atoms with Crippen LogP contribution in [0, 0.1) is 0 Å². The molecular formula is C12H26N2O2S. The van der Waals surface area contributed by atoms with E-state index >= 15 is 0 Å². The van der Waals surface area contributed by atoms with Gasteiger partial charge in [0.2, 0.25) is 5.91 Å². The van der Waals surface area contributed by atoms with Gasteiger partial charge in [-0.15, -0.1) is 0 Å². The average molecular weight is 262 g/mol. The summed E-state index contributed by atoms with van der Waals surface area (Å²) in [4.78, 5) is 11.5. The van der Waals surface area contributed by atoms with Crippen molar-refractivity contribution in [3.63, 3.8) is 0 Å². The summed E-state index contributed by atoms with van der Waals surface area (Å²) in [6.45, 7) is 6.47. The van der Waals surface area contributed by atoms with Crippen molar-refractivity contribution >= 4 is 16.7 Å². The number of rotatable bonds is 9. The van der Waals surface area contributed by atoms with E-state index in [1.165, 1.54) is 0 Å². The Bertz CT molecular complexity index is 247. The van der Waals surface area contributed by atoms with Gasteiger partial charge in [0, 0.05) is 34.9 Å². The molecule has 102 valence electrons. The predicted molar refractivity (Wildman–Crippen MR) is 73.5 cm³/mol. The van der Waals surface area contributed by atoms with E-state index in [0.29, 0.717) is 12.3 Å². The molecule has 3 atom stereocenters. The fraction of sp³-hybridized carbons (Fsp3) is 0.917. The Kier molecular flexibility index (Phi) is 9.36. The van der Waals surface area contributed by atoms with E-state index < -0.39 is 10.8 Å². The molecule has 0 aromatic carbocycles. The fourth-order valence-electron chi connectivity index (χ4n) is 1.54. The lowest BCUT2D eigenvalue weighted by molar-refractivity contribution is -0.121. The summed E-state index contributed by atoms with van der Waals surface area (Å²) in [5, 5.41) is 6.08. The highest BCUT2D eigenvalue weighted by Gasteiger charge is 2.08. The van der Waals surface area contributed by atoms with E-state index in [1.807, 2.05) is 13.8 Å². The minimum absolute atomic E-state index is 0.0374. The molecule has 0 aliphatic rings. The molecule has 0 bridgehead atoms. The molecule has 0 aliphatic heterocycles. The Balaban J connectivity index is 3.65. The van der Waals surface area contributed by atoms with Gasteiger partial charge in [-0.3, -0.25) is 9.00 Å². The third-order valence-electron chi connectivity index (χ3n) is 2.58. The van der Waals surface area contributed by atoms with Crippen LogP contribution in [0.3, 0.4) is 0 Å².